The number of alkyl halides is 3. The van der Waals surface area contributed by atoms with Gasteiger partial charge in [-0.1, -0.05) is 32.3 Å². The molecule has 0 atom stereocenters. The topological polar surface area (TPSA) is 66.5 Å². The van der Waals surface area contributed by atoms with Crippen LogP contribution in [0.1, 0.15) is 59.8 Å². The molecule has 1 aromatic heterocycles. The fourth-order valence-corrected chi connectivity index (χ4v) is 4.07. The number of hydrogen-bond acceptors (Lipinski definition) is 5. The first kappa shape index (κ1) is 27.0. The van der Waals surface area contributed by atoms with Crippen molar-refractivity contribution >= 4 is 28.9 Å². The number of carbonyl (C=O) groups is 1. The first-order valence-corrected chi connectivity index (χ1v) is 12.2. The number of hydrogen-bond donors (Lipinski definition) is 2. The second-order valence-electron chi connectivity index (χ2n) is 8.52. The van der Waals surface area contributed by atoms with E-state index in [4.69, 9.17) is 17.0 Å². The Balaban J connectivity index is 1.57. The summed E-state index contributed by atoms with van der Waals surface area (Å²) in [4.78, 5) is 19.1. The highest BCUT2D eigenvalue weighted by Gasteiger charge is 2.33. The van der Waals surface area contributed by atoms with Gasteiger partial charge in [0.15, 0.2) is 5.11 Å². The molecular formula is C25H31F3N4O2S. The molecule has 3 rings (SSSR count). The largest absolute Gasteiger partial charge is 0.416 e. The summed E-state index contributed by atoms with van der Waals surface area (Å²) < 4.78 is 46.2. The summed E-state index contributed by atoms with van der Waals surface area (Å²) >= 11 is 5.15. The first-order chi connectivity index (χ1) is 16.8. The second-order valence-corrected chi connectivity index (χ2v) is 8.92. The van der Waals surface area contributed by atoms with Crippen LogP contribution in [0.5, 0.6) is 0 Å². The van der Waals surface area contributed by atoms with Crippen molar-refractivity contribution in [2.24, 2.45) is 0 Å². The minimum Gasteiger partial charge on any atom is -0.379 e. The van der Waals surface area contributed by atoms with E-state index >= 15 is 0 Å². The Bertz CT molecular complexity index is 993. The predicted molar refractivity (Wildman–Crippen MR) is 133 cm³/mol. The van der Waals surface area contributed by atoms with Crippen LogP contribution >= 0.6 is 12.2 Å². The van der Waals surface area contributed by atoms with Gasteiger partial charge in [0.05, 0.1) is 30.0 Å². The third kappa shape index (κ3) is 8.55. The molecule has 1 aliphatic heterocycles. The van der Waals surface area contributed by atoms with Gasteiger partial charge < -0.3 is 10.1 Å². The summed E-state index contributed by atoms with van der Waals surface area (Å²) in [6, 6.07) is 7.48. The van der Waals surface area contributed by atoms with E-state index in [1.54, 1.807) is 18.2 Å². The van der Waals surface area contributed by atoms with Gasteiger partial charge in [0, 0.05) is 31.5 Å². The number of morpholine rings is 1. The van der Waals surface area contributed by atoms with Crippen molar-refractivity contribution in [3.8, 4) is 0 Å². The zero-order valence-electron chi connectivity index (χ0n) is 19.8. The SMILES string of the molecule is CCCCCCc1ccc(NC(=S)NC(=O)c2ccc(CN3CCOCC3)nc2)cc1C(F)(F)F. The summed E-state index contributed by atoms with van der Waals surface area (Å²) in [7, 11) is 0. The molecule has 0 spiro atoms. The molecule has 0 radical (unpaired) electrons. The molecule has 6 nitrogen and oxygen atoms in total. The van der Waals surface area contributed by atoms with Gasteiger partial charge in [-0.2, -0.15) is 13.2 Å². The maximum atomic E-state index is 13.6. The van der Waals surface area contributed by atoms with Crippen molar-refractivity contribution in [2.45, 2.75) is 51.7 Å². The standard InChI is InChI=1S/C25H31F3N4O2S/c1-2-3-4-5-6-18-7-9-20(15-22(18)25(26,27)28)30-24(35)31-23(33)19-8-10-21(29-16-19)17-32-11-13-34-14-12-32/h7-10,15-16H,2-6,11-14,17H2,1H3,(H2,30,31,33,35). The van der Waals surface area contributed by atoms with Crippen molar-refractivity contribution < 1.29 is 22.7 Å². The molecule has 0 bridgehead atoms. The lowest BCUT2D eigenvalue weighted by Gasteiger charge is -2.26. The first-order valence-electron chi connectivity index (χ1n) is 11.8. The minimum atomic E-state index is -4.47. The zero-order valence-corrected chi connectivity index (χ0v) is 20.6. The minimum absolute atomic E-state index is 0.0868. The van der Waals surface area contributed by atoms with Gasteiger partial charge in [-0.05, 0) is 54.9 Å². The predicted octanol–water partition coefficient (Wildman–Crippen LogP) is 5.18. The molecule has 0 saturated carbocycles. The Hall–Kier alpha value is -2.56. The molecule has 1 saturated heterocycles. The number of ether oxygens (including phenoxy) is 1. The van der Waals surface area contributed by atoms with Gasteiger partial charge >= 0.3 is 6.18 Å². The van der Waals surface area contributed by atoms with Crippen LogP contribution in [0.25, 0.3) is 0 Å². The number of rotatable bonds is 9. The smallest absolute Gasteiger partial charge is 0.379 e. The quantitative estimate of drug-likeness (QED) is 0.359. The summed E-state index contributed by atoms with van der Waals surface area (Å²) in [6.07, 6.45) is 0.975. The number of pyridine rings is 1. The molecule has 2 heterocycles. The number of carbonyl (C=O) groups excluding carboxylic acids is 1. The van der Waals surface area contributed by atoms with Crippen LogP contribution in [0, 0.1) is 0 Å². The number of benzene rings is 1. The Morgan fingerprint density at radius 3 is 2.57 bits per heavy atom. The maximum absolute atomic E-state index is 13.6. The molecule has 0 aliphatic carbocycles. The zero-order chi connectivity index (χ0) is 25.3. The van der Waals surface area contributed by atoms with Gasteiger partial charge in [0.1, 0.15) is 0 Å². The summed E-state index contributed by atoms with van der Waals surface area (Å²) in [6.45, 7) is 5.77. The van der Waals surface area contributed by atoms with Crippen LogP contribution < -0.4 is 10.6 Å². The van der Waals surface area contributed by atoms with Gasteiger partial charge in [-0.25, -0.2) is 0 Å². The van der Waals surface area contributed by atoms with E-state index in [2.05, 4.69) is 27.4 Å². The number of thiocarbonyl (C=S) groups is 1. The van der Waals surface area contributed by atoms with E-state index in [1.165, 1.54) is 12.3 Å². The normalized spacial score (nSPS) is 14.5. The Kier molecular flexibility index (Phi) is 10.00. The van der Waals surface area contributed by atoms with Crippen LogP contribution in [-0.2, 0) is 23.9 Å². The van der Waals surface area contributed by atoms with E-state index in [9.17, 15) is 18.0 Å². The van der Waals surface area contributed by atoms with Crippen molar-refractivity contribution in [1.82, 2.24) is 15.2 Å². The lowest BCUT2D eigenvalue weighted by Crippen LogP contribution is -2.36. The van der Waals surface area contributed by atoms with Crippen LogP contribution in [0.3, 0.4) is 0 Å². The van der Waals surface area contributed by atoms with E-state index < -0.39 is 17.6 Å². The number of nitrogens with one attached hydrogen (secondary N) is 2. The number of aromatic nitrogens is 1. The summed E-state index contributed by atoms with van der Waals surface area (Å²) in [5.74, 6) is -0.489. The molecule has 1 amide bonds. The lowest BCUT2D eigenvalue weighted by atomic mass is 10.00. The van der Waals surface area contributed by atoms with Crippen molar-refractivity contribution in [1.29, 1.82) is 0 Å². The number of halogens is 3. The van der Waals surface area contributed by atoms with E-state index in [0.717, 1.165) is 44.1 Å². The summed E-state index contributed by atoms with van der Waals surface area (Å²) in [5.41, 5.74) is 0.876. The average Bonchev–Trinajstić information content (AvgIpc) is 2.83. The average molecular weight is 509 g/mol. The molecule has 35 heavy (non-hydrogen) atoms. The van der Waals surface area contributed by atoms with E-state index in [1.807, 2.05) is 0 Å². The molecule has 10 heteroatoms. The van der Waals surface area contributed by atoms with E-state index in [0.29, 0.717) is 38.2 Å². The number of unbranched alkanes of at least 4 members (excludes halogenated alkanes) is 3. The van der Waals surface area contributed by atoms with Gasteiger partial charge in [-0.3, -0.25) is 20.0 Å². The molecule has 2 aromatic rings. The van der Waals surface area contributed by atoms with Gasteiger partial charge in [0.2, 0.25) is 0 Å². The molecule has 1 fully saturated rings. The summed E-state index contributed by atoms with van der Waals surface area (Å²) in [5, 5.41) is 5.10. The molecule has 190 valence electrons. The fraction of sp³-hybridized carbons (Fsp3) is 0.480. The lowest BCUT2D eigenvalue weighted by molar-refractivity contribution is -0.138. The van der Waals surface area contributed by atoms with Crippen molar-refractivity contribution in [3.05, 3.63) is 58.9 Å². The molecule has 2 N–H and O–H groups in total. The Labute approximate surface area is 209 Å². The monoisotopic (exact) mass is 508 g/mol. The number of nitrogens with zero attached hydrogens (tertiary/aromatic N) is 2. The second kappa shape index (κ2) is 12.9. The highest BCUT2D eigenvalue weighted by molar-refractivity contribution is 7.80. The highest BCUT2D eigenvalue weighted by Crippen LogP contribution is 2.34. The molecule has 1 aromatic carbocycles. The molecule has 0 unspecified atom stereocenters. The van der Waals surface area contributed by atoms with Crippen LogP contribution in [0.2, 0.25) is 0 Å². The van der Waals surface area contributed by atoms with Crippen LogP contribution in [0.4, 0.5) is 18.9 Å². The molecular weight excluding hydrogens is 477 g/mol. The molecule has 1 aliphatic rings. The van der Waals surface area contributed by atoms with Crippen molar-refractivity contribution in [3.63, 3.8) is 0 Å². The van der Waals surface area contributed by atoms with Gasteiger partial charge in [0.25, 0.3) is 5.91 Å². The van der Waals surface area contributed by atoms with Gasteiger partial charge in [-0.15, -0.1) is 0 Å². The maximum Gasteiger partial charge on any atom is 0.416 e. The third-order valence-corrected chi connectivity index (χ3v) is 5.98. The Morgan fingerprint density at radius 1 is 1.14 bits per heavy atom. The van der Waals surface area contributed by atoms with Crippen molar-refractivity contribution in [2.75, 3.05) is 31.6 Å². The number of anilines is 1. The highest BCUT2D eigenvalue weighted by atomic mass is 32.1. The Morgan fingerprint density at radius 2 is 1.91 bits per heavy atom. The number of amides is 1. The number of aryl methyl sites for hydroxylation is 1. The van der Waals surface area contributed by atoms with Crippen LogP contribution in [0.15, 0.2) is 36.5 Å². The van der Waals surface area contributed by atoms with E-state index in [-0.39, 0.29) is 16.4 Å². The fourth-order valence-electron chi connectivity index (χ4n) is 3.86. The van der Waals surface area contributed by atoms with Crippen LogP contribution in [-0.4, -0.2) is 47.2 Å². The third-order valence-electron chi connectivity index (χ3n) is 5.78.